The summed E-state index contributed by atoms with van der Waals surface area (Å²) in [6, 6.07) is 3.79. The number of carbonyl (C=O) groups excluding carboxylic acids is 1. The van der Waals surface area contributed by atoms with E-state index in [1.54, 1.807) is 29.7 Å². The first-order valence-corrected chi connectivity index (χ1v) is 5.44. The summed E-state index contributed by atoms with van der Waals surface area (Å²) in [5.74, 6) is 0.0732. The van der Waals surface area contributed by atoms with Gasteiger partial charge in [0.1, 0.15) is 0 Å². The summed E-state index contributed by atoms with van der Waals surface area (Å²) in [7, 11) is 0. The lowest BCUT2D eigenvalue weighted by atomic mass is 10.2. The monoisotopic (exact) mass is 225 g/mol. The van der Waals surface area contributed by atoms with Crippen molar-refractivity contribution in [1.29, 1.82) is 0 Å². The van der Waals surface area contributed by atoms with Crippen molar-refractivity contribution in [3.63, 3.8) is 0 Å². The van der Waals surface area contributed by atoms with Crippen molar-refractivity contribution < 1.29 is 4.79 Å². The smallest absolute Gasteiger partial charge is 0.236 e. The first-order valence-electron chi connectivity index (χ1n) is 5.44. The van der Waals surface area contributed by atoms with Gasteiger partial charge in [-0.1, -0.05) is 0 Å². The molecule has 84 valence electrons. The van der Waals surface area contributed by atoms with Crippen LogP contribution in [0.3, 0.4) is 0 Å². The number of rotatable bonds is 1. The number of carbonyl (C=O) groups is 1. The Morgan fingerprint density at radius 1 is 1.12 bits per heavy atom. The third kappa shape index (κ3) is 1.49. The lowest BCUT2D eigenvalue weighted by Crippen LogP contribution is -2.21. The van der Waals surface area contributed by atoms with E-state index in [0.717, 1.165) is 22.5 Å². The molecule has 0 unspecified atom stereocenters. The van der Waals surface area contributed by atoms with E-state index in [4.69, 9.17) is 0 Å². The quantitative estimate of drug-likeness (QED) is 0.745. The molecular formula is C13H11N3O. The minimum absolute atomic E-state index is 0.0732. The molecule has 0 saturated heterocycles. The van der Waals surface area contributed by atoms with Crippen molar-refractivity contribution in [2.45, 2.75) is 13.3 Å². The molecule has 0 N–H and O–H groups in total. The first kappa shape index (κ1) is 9.96. The number of anilines is 2. The molecule has 0 bridgehead atoms. The van der Waals surface area contributed by atoms with Crippen LogP contribution in [0.4, 0.5) is 11.4 Å². The van der Waals surface area contributed by atoms with E-state index in [1.165, 1.54) is 0 Å². The van der Waals surface area contributed by atoms with Gasteiger partial charge in [0.15, 0.2) is 0 Å². The van der Waals surface area contributed by atoms with Crippen molar-refractivity contribution in [1.82, 2.24) is 9.97 Å². The molecule has 4 nitrogen and oxygen atoms in total. The molecule has 0 aromatic carbocycles. The first-order chi connectivity index (χ1) is 8.27. The van der Waals surface area contributed by atoms with Crippen LogP contribution in [0.2, 0.25) is 0 Å². The zero-order valence-corrected chi connectivity index (χ0v) is 9.42. The van der Waals surface area contributed by atoms with Crippen LogP contribution in [0.15, 0.2) is 36.9 Å². The summed E-state index contributed by atoms with van der Waals surface area (Å²) in [6.07, 6.45) is 7.32. The van der Waals surface area contributed by atoms with Gasteiger partial charge in [0.2, 0.25) is 5.91 Å². The molecule has 1 amide bonds. The summed E-state index contributed by atoms with van der Waals surface area (Å²) < 4.78 is 0. The second-order valence-corrected chi connectivity index (χ2v) is 4.07. The third-order valence-electron chi connectivity index (χ3n) is 2.97. The Labute approximate surface area is 98.9 Å². The van der Waals surface area contributed by atoms with Crippen LogP contribution >= 0.6 is 0 Å². The number of pyridine rings is 2. The van der Waals surface area contributed by atoms with Gasteiger partial charge in [-0.15, -0.1) is 0 Å². The second kappa shape index (κ2) is 3.66. The molecule has 1 aliphatic heterocycles. The van der Waals surface area contributed by atoms with Crippen LogP contribution in [-0.4, -0.2) is 15.9 Å². The molecule has 0 spiro atoms. The van der Waals surface area contributed by atoms with Crippen LogP contribution < -0.4 is 4.90 Å². The number of amides is 1. The third-order valence-corrected chi connectivity index (χ3v) is 2.97. The van der Waals surface area contributed by atoms with Crippen molar-refractivity contribution >= 4 is 17.3 Å². The largest absolute Gasteiger partial charge is 0.277 e. The molecule has 2 aromatic rings. The van der Waals surface area contributed by atoms with Gasteiger partial charge >= 0.3 is 0 Å². The van der Waals surface area contributed by atoms with E-state index in [9.17, 15) is 4.79 Å². The minimum Gasteiger partial charge on any atom is -0.277 e. The van der Waals surface area contributed by atoms with Gasteiger partial charge in [0.05, 0.1) is 30.2 Å². The summed E-state index contributed by atoms with van der Waals surface area (Å²) >= 11 is 0. The molecule has 3 rings (SSSR count). The van der Waals surface area contributed by atoms with Gasteiger partial charge in [-0.05, 0) is 30.2 Å². The van der Waals surface area contributed by atoms with Crippen molar-refractivity contribution in [3.8, 4) is 0 Å². The number of aryl methyl sites for hydroxylation is 1. The van der Waals surface area contributed by atoms with E-state index >= 15 is 0 Å². The van der Waals surface area contributed by atoms with E-state index in [0.29, 0.717) is 6.42 Å². The van der Waals surface area contributed by atoms with Crippen LogP contribution in [0, 0.1) is 6.92 Å². The fourth-order valence-electron chi connectivity index (χ4n) is 2.10. The van der Waals surface area contributed by atoms with Gasteiger partial charge in [-0.2, -0.15) is 0 Å². The van der Waals surface area contributed by atoms with Gasteiger partial charge in [-0.25, -0.2) is 0 Å². The predicted octanol–water partition coefficient (Wildman–Crippen LogP) is 2.01. The lowest BCUT2D eigenvalue weighted by Gasteiger charge is -2.18. The highest BCUT2D eigenvalue weighted by atomic mass is 16.2. The van der Waals surface area contributed by atoms with Gasteiger partial charge < -0.3 is 0 Å². The van der Waals surface area contributed by atoms with E-state index in [-0.39, 0.29) is 5.91 Å². The highest BCUT2D eigenvalue weighted by Crippen LogP contribution is 2.35. The maximum atomic E-state index is 12.1. The average Bonchev–Trinajstić information content (AvgIpc) is 2.66. The second-order valence-electron chi connectivity index (χ2n) is 4.07. The van der Waals surface area contributed by atoms with E-state index in [2.05, 4.69) is 9.97 Å². The minimum atomic E-state index is 0.0732. The molecule has 1 aliphatic rings. The zero-order valence-electron chi connectivity index (χ0n) is 9.42. The number of hydrogen-bond acceptors (Lipinski definition) is 3. The molecule has 3 heterocycles. The number of hydrogen-bond donors (Lipinski definition) is 0. The number of aromatic nitrogens is 2. The predicted molar refractivity (Wildman–Crippen MR) is 64.1 cm³/mol. The summed E-state index contributed by atoms with van der Waals surface area (Å²) in [6.45, 7) is 1.97. The van der Waals surface area contributed by atoms with Crippen LogP contribution in [0.1, 0.15) is 11.1 Å². The highest BCUT2D eigenvalue weighted by Gasteiger charge is 2.29. The molecule has 2 aromatic heterocycles. The summed E-state index contributed by atoms with van der Waals surface area (Å²) in [5, 5.41) is 0. The lowest BCUT2D eigenvalue weighted by molar-refractivity contribution is -0.116. The summed E-state index contributed by atoms with van der Waals surface area (Å²) in [5.41, 5.74) is 3.76. The Morgan fingerprint density at radius 3 is 2.59 bits per heavy atom. The van der Waals surface area contributed by atoms with Gasteiger partial charge in [0.25, 0.3) is 0 Å². The topological polar surface area (TPSA) is 46.1 Å². The number of fused-ring (bicyclic) bond motifs is 1. The summed E-state index contributed by atoms with van der Waals surface area (Å²) in [4.78, 5) is 21.9. The Morgan fingerprint density at radius 2 is 1.82 bits per heavy atom. The molecule has 0 aliphatic carbocycles. The van der Waals surface area contributed by atoms with E-state index in [1.807, 2.05) is 19.1 Å². The molecular weight excluding hydrogens is 214 g/mol. The normalized spacial score (nSPS) is 13.9. The fraction of sp³-hybridized carbons (Fsp3) is 0.154. The van der Waals surface area contributed by atoms with E-state index < -0.39 is 0 Å². The molecule has 4 heteroatoms. The van der Waals surface area contributed by atoms with Crippen LogP contribution in [-0.2, 0) is 11.2 Å². The highest BCUT2D eigenvalue weighted by molar-refractivity contribution is 6.07. The number of nitrogens with zero attached hydrogens (tertiary/aromatic N) is 3. The zero-order chi connectivity index (χ0) is 11.8. The Kier molecular flexibility index (Phi) is 2.14. The fourth-order valence-corrected chi connectivity index (χ4v) is 2.10. The maximum absolute atomic E-state index is 12.1. The van der Waals surface area contributed by atoms with Gasteiger partial charge in [-0.3, -0.25) is 19.7 Å². The molecule has 0 radical (unpaired) electrons. The van der Waals surface area contributed by atoms with Crippen molar-refractivity contribution in [2.24, 2.45) is 0 Å². The molecule has 0 saturated carbocycles. The Bertz CT molecular complexity index is 595. The average molecular weight is 225 g/mol. The standard InChI is InChI=1S/C13H11N3O/c1-9-2-4-14-7-11(9)16-12-8-15-5-3-10(12)6-13(16)17/h2-5,7-8H,6H2,1H3. The Balaban J connectivity index is 2.16. The Hall–Kier alpha value is -2.23. The molecule has 0 fully saturated rings. The van der Waals surface area contributed by atoms with Crippen molar-refractivity contribution in [3.05, 3.63) is 48.0 Å². The maximum Gasteiger partial charge on any atom is 0.236 e. The van der Waals surface area contributed by atoms with Crippen molar-refractivity contribution in [2.75, 3.05) is 4.90 Å². The molecule has 17 heavy (non-hydrogen) atoms. The SMILES string of the molecule is Cc1ccncc1N1C(=O)Cc2ccncc21. The van der Waals surface area contributed by atoms with Crippen LogP contribution in [0.5, 0.6) is 0 Å². The van der Waals surface area contributed by atoms with Crippen LogP contribution in [0.25, 0.3) is 0 Å². The molecule has 0 atom stereocenters. The van der Waals surface area contributed by atoms with Gasteiger partial charge in [0, 0.05) is 12.4 Å².